The summed E-state index contributed by atoms with van der Waals surface area (Å²) in [5.41, 5.74) is 0. The van der Waals surface area contributed by atoms with Gasteiger partial charge >= 0.3 is 28.8 Å². The van der Waals surface area contributed by atoms with Crippen LogP contribution < -0.4 is 0 Å². The molecule has 2 aliphatic heterocycles. The first-order valence-electron chi connectivity index (χ1n) is 4.80. The molecular formula is C12H18N2Pd. The van der Waals surface area contributed by atoms with E-state index < -0.39 is 0 Å². The van der Waals surface area contributed by atoms with Crippen molar-refractivity contribution in [1.29, 1.82) is 0 Å². The topological polar surface area (TPSA) is 6.48 Å². The van der Waals surface area contributed by atoms with Crippen molar-refractivity contribution in [1.82, 2.24) is 10.0 Å². The predicted octanol–water partition coefficient (Wildman–Crippen LogP) is 2.84. The summed E-state index contributed by atoms with van der Waals surface area (Å²) < 4.78 is 0. The minimum atomic E-state index is 0.950. The van der Waals surface area contributed by atoms with Crippen LogP contribution in [0.25, 0.3) is 0 Å². The molecule has 0 amide bonds. The van der Waals surface area contributed by atoms with Crippen LogP contribution in [0.5, 0.6) is 0 Å². The molecule has 0 aliphatic carbocycles. The summed E-state index contributed by atoms with van der Waals surface area (Å²) in [4.78, 5) is 0. The quantitative estimate of drug-likeness (QED) is 0.687. The van der Waals surface area contributed by atoms with Crippen LogP contribution >= 0.6 is 0 Å². The Morgan fingerprint density at radius 1 is 0.800 bits per heavy atom. The Morgan fingerprint density at radius 3 is 1.47 bits per heavy atom. The molecule has 0 atom stereocenters. The summed E-state index contributed by atoms with van der Waals surface area (Å²) in [5.74, 6) is 0. The summed E-state index contributed by atoms with van der Waals surface area (Å²) in [7, 11) is 0. The zero-order valence-corrected chi connectivity index (χ0v) is 10.8. The monoisotopic (exact) mass is 296 g/mol. The second kappa shape index (κ2) is 7.51. The number of hydrogen-bond donors (Lipinski definition) is 0. The first-order valence-corrected chi connectivity index (χ1v) is 7.91. The van der Waals surface area contributed by atoms with Crippen molar-refractivity contribution in [3.63, 3.8) is 0 Å². The van der Waals surface area contributed by atoms with Gasteiger partial charge in [-0.15, -0.1) is 0 Å². The zero-order valence-electron chi connectivity index (χ0n) is 9.24. The molecule has 15 heavy (non-hydrogen) atoms. The Labute approximate surface area is 101 Å². The summed E-state index contributed by atoms with van der Waals surface area (Å²) in [6.45, 7) is 1.93. The summed E-state index contributed by atoms with van der Waals surface area (Å²) in [6.07, 6.45) is 16.7. The van der Waals surface area contributed by atoms with E-state index in [1.807, 2.05) is 0 Å². The van der Waals surface area contributed by atoms with Crippen LogP contribution in [0, 0.1) is 0 Å². The molecule has 2 heterocycles. The fourth-order valence-electron chi connectivity index (χ4n) is 1.30. The van der Waals surface area contributed by atoms with Crippen LogP contribution in [-0.4, -0.2) is 23.1 Å². The van der Waals surface area contributed by atoms with Gasteiger partial charge in [-0.25, -0.2) is 0 Å². The molecule has 0 saturated carbocycles. The molecule has 0 N–H and O–H groups in total. The Morgan fingerprint density at radius 2 is 1.20 bits per heavy atom. The molecule has 0 aromatic rings. The Hall–Kier alpha value is -0.778. The Bertz CT molecular complexity index is 251. The molecule has 3 heteroatoms. The van der Waals surface area contributed by atoms with E-state index in [1.54, 1.807) is 0 Å². The molecule has 0 aromatic heterocycles. The van der Waals surface area contributed by atoms with E-state index in [2.05, 4.69) is 69.7 Å². The van der Waals surface area contributed by atoms with E-state index in [9.17, 15) is 0 Å². The van der Waals surface area contributed by atoms with Crippen molar-refractivity contribution in [2.24, 2.45) is 0 Å². The molecule has 0 unspecified atom stereocenters. The van der Waals surface area contributed by atoms with E-state index in [-0.39, 0.29) is 0 Å². The molecule has 2 rings (SSSR count). The third-order valence-electron chi connectivity index (χ3n) is 1.93. The Kier molecular flexibility index (Phi) is 6.15. The number of hydrazine groups is 1. The van der Waals surface area contributed by atoms with Gasteiger partial charge in [0.05, 0.1) is 13.1 Å². The first kappa shape index (κ1) is 12.3. The van der Waals surface area contributed by atoms with Crippen molar-refractivity contribution < 1.29 is 18.0 Å². The molecule has 0 radical (unpaired) electrons. The van der Waals surface area contributed by atoms with Crippen LogP contribution in [0.4, 0.5) is 0 Å². The van der Waals surface area contributed by atoms with Gasteiger partial charge in [-0.2, -0.15) is 0 Å². The molecular weight excluding hydrogens is 279 g/mol. The molecule has 86 valence electrons. The predicted molar refractivity (Wildman–Crippen MR) is 61.7 cm³/mol. The van der Waals surface area contributed by atoms with Gasteiger partial charge in [-0.05, 0) is 12.2 Å². The van der Waals surface area contributed by atoms with E-state index in [0.29, 0.717) is 0 Å². The molecule has 0 bridgehead atoms. The number of hydrogen-bond acceptors (Lipinski definition) is 2. The van der Waals surface area contributed by atoms with Gasteiger partial charge in [0, 0.05) is 12.4 Å². The molecule has 0 saturated heterocycles. The second-order valence-corrected chi connectivity index (χ2v) is 4.65. The van der Waals surface area contributed by atoms with Gasteiger partial charge in [0.2, 0.25) is 0 Å². The van der Waals surface area contributed by atoms with Gasteiger partial charge in [0.15, 0.2) is 0 Å². The molecule has 0 aromatic carbocycles. The van der Waals surface area contributed by atoms with Crippen molar-refractivity contribution in [3.8, 4) is 0 Å². The third-order valence-corrected chi connectivity index (χ3v) is 1.93. The first-order chi connectivity index (χ1) is 7.38. The van der Waals surface area contributed by atoms with Crippen LogP contribution in [0.3, 0.4) is 0 Å². The van der Waals surface area contributed by atoms with Gasteiger partial charge < -0.3 is 0 Å². The van der Waals surface area contributed by atoms with Crippen LogP contribution in [0.1, 0.15) is 0 Å². The summed E-state index contributed by atoms with van der Waals surface area (Å²) >= 11 is 0.950. The number of allylic oxidation sites excluding steroid dienone is 4. The second-order valence-electron chi connectivity index (χ2n) is 3.10. The van der Waals surface area contributed by atoms with Gasteiger partial charge in [0.1, 0.15) is 0 Å². The molecule has 0 fully saturated rings. The van der Waals surface area contributed by atoms with E-state index in [1.165, 1.54) is 0 Å². The normalized spacial score (nSPS) is 18.0. The van der Waals surface area contributed by atoms with Gasteiger partial charge in [0.25, 0.3) is 0 Å². The van der Waals surface area contributed by atoms with E-state index in [4.69, 9.17) is 0 Å². The van der Waals surface area contributed by atoms with Crippen molar-refractivity contribution in [3.05, 3.63) is 48.9 Å². The van der Waals surface area contributed by atoms with Crippen molar-refractivity contribution in [2.75, 3.05) is 13.1 Å². The fraction of sp³-hybridized carbons (Fsp3) is 0.333. The van der Waals surface area contributed by atoms with Crippen LogP contribution in [-0.2, 0) is 18.0 Å². The van der Waals surface area contributed by atoms with Crippen molar-refractivity contribution >= 4 is 0 Å². The van der Waals surface area contributed by atoms with Gasteiger partial charge in [-0.1, -0.05) is 24.3 Å². The summed E-state index contributed by atoms with van der Waals surface area (Å²) in [5, 5.41) is 8.71. The number of nitrogens with zero attached hydrogens (tertiary/aromatic N) is 2. The molecule has 2 aliphatic rings. The van der Waals surface area contributed by atoms with Gasteiger partial charge in [-0.3, -0.25) is 10.0 Å². The van der Waals surface area contributed by atoms with Crippen LogP contribution in [0.15, 0.2) is 48.9 Å². The van der Waals surface area contributed by atoms with Crippen LogP contribution in [0.2, 0.25) is 10.8 Å². The average molecular weight is 297 g/mol. The molecule has 2 nitrogen and oxygen atoms in total. The van der Waals surface area contributed by atoms with E-state index >= 15 is 0 Å². The maximum absolute atomic E-state index is 2.18. The minimum absolute atomic E-state index is 0.950. The number of rotatable bonds is 1. The Balaban J connectivity index is 0.000000337. The fourth-order valence-corrected chi connectivity index (χ4v) is 1.30. The SMILES string of the molecule is C1=CCN(N2C=CC=CC2)C=C1.[CH3][Pd][CH3]. The zero-order chi connectivity index (χ0) is 10.9. The summed E-state index contributed by atoms with van der Waals surface area (Å²) in [6, 6.07) is 0. The molecule has 0 spiro atoms. The van der Waals surface area contributed by atoms with E-state index in [0.717, 1.165) is 31.1 Å². The third kappa shape index (κ3) is 4.51. The average Bonchev–Trinajstić information content (AvgIpc) is 2.32. The maximum atomic E-state index is 2.18. The van der Waals surface area contributed by atoms with Crippen molar-refractivity contribution in [2.45, 2.75) is 10.8 Å². The standard InChI is InChI=1S/C10H12N2.2CH3.Pd/c1-3-7-11(8-4-1)12-9-5-2-6-10-12;;;/h1-7,9H,8,10H2;2*1H3;.